The molecule has 1 aliphatic rings. The Morgan fingerprint density at radius 1 is 1.38 bits per heavy atom. The summed E-state index contributed by atoms with van der Waals surface area (Å²) in [6.45, 7) is 1.14. The molecule has 0 aromatic heterocycles. The molecule has 1 saturated heterocycles. The van der Waals surface area contributed by atoms with Crippen molar-refractivity contribution in [3.05, 3.63) is 35.6 Å². The van der Waals surface area contributed by atoms with E-state index in [4.69, 9.17) is 10.5 Å². The summed E-state index contributed by atoms with van der Waals surface area (Å²) < 4.78 is 18.1. The van der Waals surface area contributed by atoms with Crippen LogP contribution in [0.3, 0.4) is 0 Å². The third-order valence-electron chi connectivity index (χ3n) is 3.92. The molecule has 1 aliphatic heterocycles. The maximum atomic E-state index is 12.9. The SMILES string of the molecule is COC1CCN(C(=O)[C@H](N)[C@@H](O)c2ccc(F)cc2)CC1. The summed E-state index contributed by atoms with van der Waals surface area (Å²) in [5.41, 5.74) is 6.30. The highest BCUT2D eigenvalue weighted by Gasteiger charge is 2.30. The van der Waals surface area contributed by atoms with Gasteiger partial charge in [-0.05, 0) is 30.5 Å². The summed E-state index contributed by atoms with van der Waals surface area (Å²) in [6, 6.07) is 4.29. The van der Waals surface area contributed by atoms with Gasteiger partial charge in [-0.2, -0.15) is 0 Å². The van der Waals surface area contributed by atoms with Gasteiger partial charge in [0.2, 0.25) is 5.91 Å². The molecule has 0 aliphatic carbocycles. The average molecular weight is 296 g/mol. The Morgan fingerprint density at radius 3 is 2.48 bits per heavy atom. The van der Waals surface area contributed by atoms with Crippen LogP contribution in [-0.4, -0.2) is 48.3 Å². The first-order chi connectivity index (χ1) is 10.0. The van der Waals surface area contributed by atoms with Crippen LogP contribution < -0.4 is 5.73 Å². The van der Waals surface area contributed by atoms with Crippen LogP contribution in [0.2, 0.25) is 0 Å². The number of carbonyl (C=O) groups is 1. The molecule has 3 N–H and O–H groups in total. The average Bonchev–Trinajstić information content (AvgIpc) is 2.53. The van der Waals surface area contributed by atoms with Gasteiger partial charge in [0.1, 0.15) is 18.0 Å². The van der Waals surface area contributed by atoms with E-state index in [-0.39, 0.29) is 12.0 Å². The fraction of sp³-hybridized carbons (Fsp3) is 0.533. The number of aliphatic hydroxyl groups is 1. The third-order valence-corrected chi connectivity index (χ3v) is 3.92. The smallest absolute Gasteiger partial charge is 0.242 e. The summed E-state index contributed by atoms with van der Waals surface area (Å²) in [6.07, 6.45) is 0.564. The Kier molecular flexibility index (Phi) is 5.27. The molecule has 1 aromatic rings. The van der Waals surface area contributed by atoms with E-state index < -0.39 is 18.0 Å². The fourth-order valence-electron chi connectivity index (χ4n) is 2.53. The van der Waals surface area contributed by atoms with Gasteiger partial charge >= 0.3 is 0 Å². The van der Waals surface area contributed by atoms with Crippen molar-refractivity contribution in [2.24, 2.45) is 5.73 Å². The number of halogens is 1. The highest BCUT2D eigenvalue weighted by Crippen LogP contribution is 2.20. The normalized spacial score (nSPS) is 19.3. The summed E-state index contributed by atoms with van der Waals surface area (Å²) in [5.74, 6) is -0.686. The van der Waals surface area contributed by atoms with Crippen LogP contribution in [0.25, 0.3) is 0 Å². The van der Waals surface area contributed by atoms with Crippen molar-refractivity contribution < 1.29 is 19.0 Å². The van der Waals surface area contributed by atoms with Gasteiger partial charge in [-0.25, -0.2) is 4.39 Å². The van der Waals surface area contributed by atoms with Crippen molar-refractivity contribution in [3.8, 4) is 0 Å². The Hall–Kier alpha value is -1.50. The minimum Gasteiger partial charge on any atom is -0.386 e. The molecule has 2 atom stereocenters. The van der Waals surface area contributed by atoms with Crippen LogP contribution in [0.1, 0.15) is 24.5 Å². The molecule has 0 unspecified atom stereocenters. The molecule has 2 rings (SSSR count). The van der Waals surface area contributed by atoms with Crippen LogP contribution in [-0.2, 0) is 9.53 Å². The van der Waals surface area contributed by atoms with Gasteiger partial charge < -0.3 is 20.5 Å². The first kappa shape index (κ1) is 15.9. The van der Waals surface area contributed by atoms with Crippen LogP contribution in [0.15, 0.2) is 24.3 Å². The second kappa shape index (κ2) is 6.98. The Morgan fingerprint density at radius 2 is 1.95 bits per heavy atom. The monoisotopic (exact) mass is 296 g/mol. The number of carbonyl (C=O) groups excluding carboxylic acids is 1. The van der Waals surface area contributed by atoms with Gasteiger partial charge in [-0.1, -0.05) is 12.1 Å². The predicted molar refractivity (Wildman–Crippen MR) is 75.9 cm³/mol. The number of hydrogen-bond donors (Lipinski definition) is 2. The van der Waals surface area contributed by atoms with Crippen LogP contribution in [0.4, 0.5) is 4.39 Å². The molecule has 0 spiro atoms. The number of benzene rings is 1. The first-order valence-electron chi connectivity index (χ1n) is 7.03. The van der Waals surface area contributed by atoms with E-state index >= 15 is 0 Å². The van der Waals surface area contributed by atoms with E-state index in [1.807, 2.05) is 0 Å². The van der Waals surface area contributed by atoms with E-state index in [1.165, 1.54) is 24.3 Å². The second-order valence-corrected chi connectivity index (χ2v) is 5.28. The standard InChI is InChI=1S/C15H21FN2O3/c1-21-12-6-8-18(9-7-12)15(20)13(17)14(19)10-2-4-11(16)5-3-10/h2-5,12-14,19H,6-9,17H2,1H3/t13-,14+/m1/s1. The Bertz CT molecular complexity index is 472. The van der Waals surface area contributed by atoms with Gasteiger partial charge in [0.25, 0.3) is 0 Å². The Labute approximate surface area is 123 Å². The minimum absolute atomic E-state index is 0.173. The van der Waals surface area contributed by atoms with E-state index in [0.717, 1.165) is 12.8 Å². The number of amides is 1. The molecule has 0 bridgehead atoms. The minimum atomic E-state index is -1.14. The second-order valence-electron chi connectivity index (χ2n) is 5.28. The molecule has 6 heteroatoms. The highest BCUT2D eigenvalue weighted by atomic mass is 19.1. The fourth-order valence-corrected chi connectivity index (χ4v) is 2.53. The van der Waals surface area contributed by atoms with E-state index in [1.54, 1.807) is 12.0 Å². The lowest BCUT2D eigenvalue weighted by Gasteiger charge is -2.33. The zero-order chi connectivity index (χ0) is 15.4. The number of rotatable bonds is 4. The largest absolute Gasteiger partial charge is 0.386 e. The van der Waals surface area contributed by atoms with Crippen molar-refractivity contribution in [3.63, 3.8) is 0 Å². The third kappa shape index (κ3) is 3.78. The molecule has 116 valence electrons. The maximum Gasteiger partial charge on any atom is 0.242 e. The zero-order valence-electron chi connectivity index (χ0n) is 12.0. The molecule has 5 nitrogen and oxygen atoms in total. The van der Waals surface area contributed by atoms with E-state index in [9.17, 15) is 14.3 Å². The van der Waals surface area contributed by atoms with E-state index in [0.29, 0.717) is 18.7 Å². The van der Waals surface area contributed by atoms with Gasteiger partial charge in [-0.15, -0.1) is 0 Å². The summed E-state index contributed by atoms with van der Waals surface area (Å²) >= 11 is 0. The maximum absolute atomic E-state index is 12.9. The number of ether oxygens (including phenoxy) is 1. The molecule has 0 radical (unpaired) electrons. The number of nitrogens with zero attached hydrogens (tertiary/aromatic N) is 1. The molecule has 1 amide bonds. The molecule has 1 aromatic carbocycles. The van der Waals surface area contributed by atoms with Crippen LogP contribution >= 0.6 is 0 Å². The number of aliphatic hydroxyl groups excluding tert-OH is 1. The van der Waals surface area contributed by atoms with Crippen LogP contribution in [0.5, 0.6) is 0 Å². The Balaban J connectivity index is 1.97. The van der Waals surface area contributed by atoms with Crippen LogP contribution in [0, 0.1) is 5.82 Å². The van der Waals surface area contributed by atoms with Crippen molar-refractivity contribution in [2.45, 2.75) is 31.1 Å². The topological polar surface area (TPSA) is 75.8 Å². The first-order valence-corrected chi connectivity index (χ1v) is 7.03. The zero-order valence-corrected chi connectivity index (χ0v) is 12.0. The number of nitrogens with two attached hydrogens (primary N) is 1. The van der Waals surface area contributed by atoms with Crippen molar-refractivity contribution >= 4 is 5.91 Å². The van der Waals surface area contributed by atoms with Gasteiger partial charge in [0, 0.05) is 20.2 Å². The quantitative estimate of drug-likeness (QED) is 0.862. The molecular formula is C15H21FN2O3. The van der Waals surface area contributed by atoms with Gasteiger partial charge in [-0.3, -0.25) is 4.79 Å². The highest BCUT2D eigenvalue weighted by molar-refractivity contribution is 5.82. The summed E-state index contributed by atoms with van der Waals surface area (Å²) in [7, 11) is 1.66. The number of methoxy groups -OCH3 is 1. The molecular weight excluding hydrogens is 275 g/mol. The lowest BCUT2D eigenvalue weighted by molar-refractivity contribution is -0.137. The van der Waals surface area contributed by atoms with E-state index in [2.05, 4.69) is 0 Å². The predicted octanol–water partition coefficient (Wildman–Crippen LogP) is 0.824. The lowest BCUT2D eigenvalue weighted by atomic mass is 10.00. The van der Waals surface area contributed by atoms with Gasteiger partial charge in [0.15, 0.2) is 0 Å². The molecule has 1 fully saturated rings. The number of piperidine rings is 1. The molecule has 0 saturated carbocycles. The van der Waals surface area contributed by atoms with Crippen molar-refractivity contribution in [1.82, 2.24) is 4.90 Å². The van der Waals surface area contributed by atoms with Crippen molar-refractivity contribution in [2.75, 3.05) is 20.2 Å². The van der Waals surface area contributed by atoms with Crippen molar-refractivity contribution in [1.29, 1.82) is 0 Å². The lowest BCUT2D eigenvalue weighted by Crippen LogP contribution is -2.50. The summed E-state index contributed by atoms with van der Waals surface area (Å²) in [5, 5.41) is 10.2. The molecule has 21 heavy (non-hydrogen) atoms. The number of likely N-dealkylation sites (tertiary alicyclic amines) is 1. The molecule has 1 heterocycles. The summed E-state index contributed by atoms with van der Waals surface area (Å²) in [4.78, 5) is 13.9. The van der Waals surface area contributed by atoms with Gasteiger partial charge in [0.05, 0.1) is 6.10 Å². The number of hydrogen-bond acceptors (Lipinski definition) is 4.